The summed E-state index contributed by atoms with van der Waals surface area (Å²) in [5.74, 6) is -0.0555. The highest BCUT2D eigenvalue weighted by atomic mass is 32.2. The van der Waals surface area contributed by atoms with Gasteiger partial charge >= 0.3 is 0 Å². The predicted molar refractivity (Wildman–Crippen MR) is 122 cm³/mol. The maximum Gasteiger partial charge on any atom is 0.262 e. The molecule has 2 aromatic rings. The van der Waals surface area contributed by atoms with E-state index >= 15 is 0 Å². The molecular weight excluding hydrogens is 398 g/mol. The second kappa shape index (κ2) is 11.3. The molecule has 0 saturated heterocycles. The van der Waals surface area contributed by atoms with Crippen LogP contribution in [0.5, 0.6) is 0 Å². The zero-order valence-corrected chi connectivity index (χ0v) is 18.7. The molecule has 0 aliphatic heterocycles. The van der Waals surface area contributed by atoms with Crippen LogP contribution in [0, 0.1) is 0 Å². The van der Waals surface area contributed by atoms with Crippen LogP contribution in [-0.4, -0.2) is 41.0 Å². The summed E-state index contributed by atoms with van der Waals surface area (Å²) in [6.07, 6.45) is 8.64. The van der Waals surface area contributed by atoms with E-state index in [1.54, 1.807) is 11.7 Å². The Balaban J connectivity index is 1.79. The molecule has 1 aromatic carbocycles. The van der Waals surface area contributed by atoms with Gasteiger partial charge in [-0.3, -0.25) is 14.2 Å². The Kier molecular flexibility index (Phi) is 8.51. The summed E-state index contributed by atoms with van der Waals surface area (Å²) in [5.41, 5.74) is 2.05. The van der Waals surface area contributed by atoms with Crippen molar-refractivity contribution >= 4 is 28.6 Å². The van der Waals surface area contributed by atoms with Gasteiger partial charge in [0, 0.05) is 26.8 Å². The minimum Gasteiger partial charge on any atom is -0.385 e. The number of hydrogen-bond acceptors (Lipinski definition) is 5. The Morgan fingerprint density at radius 1 is 1.33 bits per heavy atom. The Bertz CT molecular complexity index is 954. The highest BCUT2D eigenvalue weighted by Crippen LogP contribution is 2.25. The number of thioether (sulfide) groups is 1. The molecule has 0 saturated carbocycles. The van der Waals surface area contributed by atoms with Gasteiger partial charge in [-0.2, -0.15) is 0 Å². The van der Waals surface area contributed by atoms with Gasteiger partial charge in [-0.25, -0.2) is 4.98 Å². The van der Waals surface area contributed by atoms with Crippen LogP contribution in [0.1, 0.15) is 45.4 Å². The van der Waals surface area contributed by atoms with Crippen molar-refractivity contribution in [2.45, 2.75) is 62.4 Å². The lowest BCUT2D eigenvalue weighted by molar-refractivity contribution is -0.120. The van der Waals surface area contributed by atoms with Gasteiger partial charge < -0.3 is 10.1 Å². The van der Waals surface area contributed by atoms with E-state index in [0.29, 0.717) is 35.8 Å². The minimum absolute atomic E-state index is 0.0350. The number of fused-ring (bicyclic) bond motifs is 1. The van der Waals surface area contributed by atoms with Crippen molar-refractivity contribution in [2.24, 2.45) is 0 Å². The molecule has 0 spiro atoms. The van der Waals surface area contributed by atoms with Gasteiger partial charge in [0.1, 0.15) is 0 Å². The fraction of sp³-hybridized carbons (Fsp3) is 0.522. The number of nitrogens with zero attached hydrogens (tertiary/aromatic N) is 2. The topological polar surface area (TPSA) is 73.2 Å². The highest BCUT2D eigenvalue weighted by molar-refractivity contribution is 8.00. The lowest BCUT2D eigenvalue weighted by atomic mass is 9.97. The van der Waals surface area contributed by atoms with Crippen LogP contribution in [0.25, 0.3) is 10.9 Å². The fourth-order valence-corrected chi connectivity index (χ4v) is 4.56. The van der Waals surface area contributed by atoms with E-state index in [1.807, 2.05) is 31.2 Å². The second-order valence-electron chi connectivity index (χ2n) is 7.62. The van der Waals surface area contributed by atoms with Crippen molar-refractivity contribution in [3.05, 3.63) is 46.3 Å². The van der Waals surface area contributed by atoms with Crippen molar-refractivity contribution in [1.82, 2.24) is 14.9 Å². The quantitative estimate of drug-likeness (QED) is 0.268. The minimum atomic E-state index is -0.347. The van der Waals surface area contributed by atoms with E-state index in [2.05, 4.69) is 11.4 Å². The molecule has 1 N–H and O–H groups in total. The van der Waals surface area contributed by atoms with Crippen LogP contribution >= 0.6 is 11.8 Å². The van der Waals surface area contributed by atoms with Crippen LogP contribution in [0.2, 0.25) is 0 Å². The first kappa shape index (κ1) is 22.6. The first-order chi connectivity index (χ1) is 14.6. The summed E-state index contributed by atoms with van der Waals surface area (Å²) in [4.78, 5) is 30.4. The first-order valence-electron chi connectivity index (χ1n) is 10.7. The zero-order chi connectivity index (χ0) is 21.3. The maximum atomic E-state index is 13.2. The van der Waals surface area contributed by atoms with Crippen LogP contribution < -0.4 is 10.9 Å². The van der Waals surface area contributed by atoms with Crippen molar-refractivity contribution in [3.8, 4) is 0 Å². The molecule has 1 aliphatic carbocycles. The highest BCUT2D eigenvalue weighted by Gasteiger charge is 2.19. The van der Waals surface area contributed by atoms with Crippen LogP contribution in [0.3, 0.4) is 0 Å². The average molecular weight is 430 g/mol. The number of carbonyl (C=O) groups is 1. The van der Waals surface area contributed by atoms with Gasteiger partial charge in [0.25, 0.3) is 5.56 Å². The molecule has 0 bridgehead atoms. The maximum absolute atomic E-state index is 13.2. The summed E-state index contributed by atoms with van der Waals surface area (Å²) < 4.78 is 6.76. The van der Waals surface area contributed by atoms with Crippen LogP contribution in [0.4, 0.5) is 0 Å². The van der Waals surface area contributed by atoms with Crippen LogP contribution in [0.15, 0.2) is 45.9 Å². The van der Waals surface area contributed by atoms with Gasteiger partial charge in [0.15, 0.2) is 5.16 Å². The molecule has 1 atom stereocenters. The fourth-order valence-electron chi connectivity index (χ4n) is 3.61. The zero-order valence-electron chi connectivity index (χ0n) is 17.9. The number of ether oxygens (including phenoxy) is 1. The Morgan fingerprint density at radius 2 is 2.17 bits per heavy atom. The standard InChI is InChI=1S/C23H31N3O3S/c1-17(21(27)24-14-8-16-29-2)30-23-25-20-12-7-6-11-19(20)22(28)26(23)15-13-18-9-4-3-5-10-18/h6-7,9,11-12,17H,3-5,8,10,13-16H2,1-2H3,(H,24,27). The molecule has 6 nitrogen and oxygen atoms in total. The molecule has 0 radical (unpaired) electrons. The number of para-hydroxylation sites is 1. The van der Waals surface area contributed by atoms with Gasteiger partial charge in [0.05, 0.1) is 16.2 Å². The number of hydrogen-bond donors (Lipinski definition) is 1. The second-order valence-corrected chi connectivity index (χ2v) is 8.93. The monoisotopic (exact) mass is 429 g/mol. The third-order valence-electron chi connectivity index (χ3n) is 5.34. The predicted octanol–water partition coefficient (Wildman–Crippen LogP) is 3.92. The molecule has 1 unspecified atom stereocenters. The van der Waals surface area contributed by atoms with Gasteiger partial charge in [0.2, 0.25) is 5.91 Å². The molecule has 1 aromatic heterocycles. The molecule has 1 amide bonds. The molecule has 30 heavy (non-hydrogen) atoms. The number of rotatable bonds is 10. The number of amides is 1. The summed E-state index contributed by atoms with van der Waals surface area (Å²) in [6, 6.07) is 7.42. The number of carbonyl (C=O) groups excluding carboxylic acids is 1. The normalized spacial score (nSPS) is 15.1. The summed E-state index contributed by atoms with van der Waals surface area (Å²) >= 11 is 1.35. The van der Waals surface area contributed by atoms with E-state index in [0.717, 1.165) is 25.7 Å². The van der Waals surface area contributed by atoms with Gasteiger partial charge in [-0.05, 0) is 57.6 Å². The van der Waals surface area contributed by atoms with Crippen molar-refractivity contribution in [1.29, 1.82) is 0 Å². The van der Waals surface area contributed by atoms with Crippen LogP contribution in [-0.2, 0) is 16.1 Å². The SMILES string of the molecule is COCCCNC(=O)C(C)Sc1nc2ccccc2c(=O)n1CCC1=CCCCC1. The largest absolute Gasteiger partial charge is 0.385 e. The van der Waals surface area contributed by atoms with E-state index in [1.165, 1.54) is 30.2 Å². The summed E-state index contributed by atoms with van der Waals surface area (Å²) in [7, 11) is 1.65. The molecular formula is C23H31N3O3S. The van der Waals surface area contributed by atoms with E-state index in [4.69, 9.17) is 9.72 Å². The molecule has 3 rings (SSSR count). The van der Waals surface area contributed by atoms with Gasteiger partial charge in [-0.15, -0.1) is 0 Å². The first-order valence-corrected chi connectivity index (χ1v) is 11.6. The van der Waals surface area contributed by atoms with E-state index in [9.17, 15) is 9.59 Å². The molecule has 1 heterocycles. The Labute approximate surface area is 182 Å². The van der Waals surface area contributed by atoms with E-state index < -0.39 is 0 Å². The molecule has 162 valence electrons. The Hall–Kier alpha value is -2.12. The average Bonchev–Trinajstić information content (AvgIpc) is 2.77. The Morgan fingerprint density at radius 3 is 2.93 bits per heavy atom. The van der Waals surface area contributed by atoms with E-state index in [-0.39, 0.29) is 16.7 Å². The number of methoxy groups -OCH3 is 1. The van der Waals surface area contributed by atoms with Crippen molar-refractivity contribution < 1.29 is 9.53 Å². The van der Waals surface area contributed by atoms with Crippen molar-refractivity contribution in [3.63, 3.8) is 0 Å². The third kappa shape index (κ3) is 5.95. The third-order valence-corrected chi connectivity index (χ3v) is 6.43. The smallest absolute Gasteiger partial charge is 0.262 e. The number of aromatic nitrogens is 2. The van der Waals surface area contributed by atoms with Gasteiger partial charge in [-0.1, -0.05) is 35.5 Å². The summed E-state index contributed by atoms with van der Waals surface area (Å²) in [6.45, 7) is 3.63. The molecule has 1 aliphatic rings. The lowest BCUT2D eigenvalue weighted by Crippen LogP contribution is -2.33. The number of nitrogens with one attached hydrogen (secondary N) is 1. The lowest BCUT2D eigenvalue weighted by Gasteiger charge is -2.18. The molecule has 0 fully saturated rings. The number of benzene rings is 1. The molecule has 7 heteroatoms. The van der Waals surface area contributed by atoms with Crippen molar-refractivity contribution in [2.75, 3.05) is 20.3 Å². The number of allylic oxidation sites excluding steroid dienone is 2. The summed E-state index contributed by atoms with van der Waals surface area (Å²) in [5, 5.41) is 3.81.